The molecule has 1 heterocycles. The smallest absolute Gasteiger partial charge is 0.399 e. The fourth-order valence-corrected chi connectivity index (χ4v) is 10.5. The van der Waals surface area contributed by atoms with Gasteiger partial charge in [-0.15, -0.1) is 0 Å². The summed E-state index contributed by atoms with van der Waals surface area (Å²) in [6.45, 7) is 8.50. The van der Waals surface area contributed by atoms with Crippen molar-refractivity contribution in [3.63, 3.8) is 0 Å². The Morgan fingerprint density at radius 2 is 0.803 bits per heavy atom. The minimum Gasteiger partial charge on any atom is -0.399 e. The van der Waals surface area contributed by atoms with Gasteiger partial charge in [0.25, 0.3) is 0 Å². The normalized spacial score (nSPS) is 15.8. The van der Waals surface area contributed by atoms with E-state index in [9.17, 15) is 0 Å². The van der Waals surface area contributed by atoms with Crippen molar-refractivity contribution in [3.8, 4) is 44.5 Å². The van der Waals surface area contributed by atoms with E-state index in [1.165, 1.54) is 83.5 Å². The molecule has 320 valence electrons. The summed E-state index contributed by atoms with van der Waals surface area (Å²) < 4.78 is 13.4. The van der Waals surface area contributed by atoms with Gasteiger partial charge >= 0.3 is 7.12 Å². The van der Waals surface area contributed by atoms with Crippen molar-refractivity contribution in [2.45, 2.75) is 56.7 Å². The molecule has 0 spiro atoms. The van der Waals surface area contributed by atoms with Crippen LogP contribution < -0.4 is 5.46 Å². The lowest BCUT2D eigenvalue weighted by Gasteiger charge is -2.38. The molecule has 0 bridgehead atoms. The summed E-state index contributed by atoms with van der Waals surface area (Å²) in [5.41, 5.74) is 17.9. The first-order valence-corrected chi connectivity index (χ1v) is 23.3. The van der Waals surface area contributed by atoms with E-state index in [1.807, 2.05) is 0 Å². The van der Waals surface area contributed by atoms with Gasteiger partial charge in [-0.1, -0.05) is 231 Å². The van der Waals surface area contributed by atoms with Crippen molar-refractivity contribution in [2.24, 2.45) is 0 Å². The average molecular weight is 853 g/mol. The molecule has 9 aromatic carbocycles. The van der Waals surface area contributed by atoms with Crippen molar-refractivity contribution in [1.29, 1.82) is 0 Å². The van der Waals surface area contributed by atoms with Gasteiger partial charge < -0.3 is 9.31 Å². The fourth-order valence-electron chi connectivity index (χ4n) is 10.5. The Hall–Kier alpha value is -7.04. The van der Waals surface area contributed by atoms with Gasteiger partial charge in [0.2, 0.25) is 0 Å². The molecule has 0 saturated carbocycles. The van der Waals surface area contributed by atoms with Crippen LogP contribution in [0.1, 0.15) is 72.6 Å². The molecule has 0 aromatic heterocycles. The average Bonchev–Trinajstić information content (AvgIpc) is 3.53. The summed E-state index contributed by atoms with van der Waals surface area (Å²) in [6.07, 6.45) is 0.862. The first-order valence-electron chi connectivity index (χ1n) is 23.3. The van der Waals surface area contributed by atoms with Crippen LogP contribution in [0.25, 0.3) is 44.5 Å². The van der Waals surface area contributed by atoms with Crippen molar-refractivity contribution in [3.05, 3.63) is 269 Å². The van der Waals surface area contributed by atoms with Gasteiger partial charge in [-0.05, 0) is 123 Å². The van der Waals surface area contributed by atoms with E-state index in [1.54, 1.807) is 0 Å². The second-order valence-electron chi connectivity index (χ2n) is 19.0. The maximum absolute atomic E-state index is 6.72. The molecule has 9 aromatic rings. The highest BCUT2D eigenvalue weighted by Gasteiger charge is 2.52. The van der Waals surface area contributed by atoms with E-state index in [-0.39, 0.29) is 5.92 Å². The summed E-state index contributed by atoms with van der Waals surface area (Å²) in [5.74, 6) is 0.118. The zero-order valence-corrected chi connectivity index (χ0v) is 38.1. The van der Waals surface area contributed by atoms with Crippen LogP contribution >= 0.6 is 0 Å². The lowest BCUT2D eigenvalue weighted by Crippen LogP contribution is -2.41. The molecular weight excluding hydrogens is 800 g/mol. The molecule has 11 rings (SSSR count). The van der Waals surface area contributed by atoms with Crippen molar-refractivity contribution in [2.75, 3.05) is 0 Å². The lowest BCUT2D eigenvalue weighted by atomic mass is 9.62. The molecule has 1 saturated heterocycles. The standard InChI is InChI=1S/C63H53BO2/c1-61(2)62(3,4)66-64(65-61)53-23-17-22-52(43-53)63(59-28-15-13-26-56(59)54-24-11-12-25-55(54)57-27-14-16-29-60(57)63)51-40-38-50(39-41-51)58(49-36-34-48(35-37-49)46-20-9-6-10-21-46)42-44-30-32-47(33-31-44)45-18-7-5-8-19-45/h5-41,43,58H,42H2,1-4H3. The van der Waals surface area contributed by atoms with Gasteiger partial charge in [0.15, 0.2) is 0 Å². The van der Waals surface area contributed by atoms with E-state index < -0.39 is 23.7 Å². The van der Waals surface area contributed by atoms with Crippen molar-refractivity contribution < 1.29 is 9.31 Å². The predicted octanol–water partition coefficient (Wildman–Crippen LogP) is 14.7. The number of hydrogen-bond acceptors (Lipinski definition) is 2. The lowest BCUT2D eigenvalue weighted by molar-refractivity contribution is 0.00578. The van der Waals surface area contributed by atoms with Crippen LogP contribution in [0, 0.1) is 0 Å². The molecule has 66 heavy (non-hydrogen) atoms. The van der Waals surface area contributed by atoms with Crippen molar-refractivity contribution in [1.82, 2.24) is 0 Å². The molecule has 1 aliphatic heterocycles. The number of rotatable bonds is 9. The first-order chi connectivity index (χ1) is 32.2. The quantitative estimate of drug-likeness (QED) is 0.135. The maximum atomic E-state index is 6.72. The Morgan fingerprint density at radius 1 is 0.379 bits per heavy atom. The molecular formula is C63H53BO2. The van der Waals surface area contributed by atoms with Gasteiger partial charge in [0, 0.05) is 5.92 Å². The number of benzene rings is 9. The third-order valence-electron chi connectivity index (χ3n) is 14.7. The van der Waals surface area contributed by atoms with Crippen LogP contribution in [0.2, 0.25) is 0 Å². The van der Waals surface area contributed by atoms with Crippen LogP contribution in [0.5, 0.6) is 0 Å². The Bertz CT molecular complexity index is 3070. The Balaban J connectivity index is 1.08. The summed E-state index contributed by atoms with van der Waals surface area (Å²) in [6, 6.07) is 85.2. The number of hydrogen-bond donors (Lipinski definition) is 0. The summed E-state index contributed by atoms with van der Waals surface area (Å²) >= 11 is 0. The second kappa shape index (κ2) is 16.8. The van der Waals surface area contributed by atoms with E-state index >= 15 is 0 Å². The molecule has 1 aliphatic carbocycles. The van der Waals surface area contributed by atoms with Gasteiger partial charge in [-0.2, -0.15) is 0 Å². The van der Waals surface area contributed by atoms with E-state index in [0.29, 0.717) is 0 Å². The first kappa shape index (κ1) is 41.7. The second-order valence-corrected chi connectivity index (χ2v) is 19.0. The molecule has 1 unspecified atom stereocenters. The highest BCUT2D eigenvalue weighted by Crippen LogP contribution is 2.55. The number of fused-ring (bicyclic) bond motifs is 5. The molecule has 0 amide bonds. The van der Waals surface area contributed by atoms with Crippen LogP contribution in [0.15, 0.2) is 231 Å². The van der Waals surface area contributed by atoms with E-state index in [0.717, 1.165) is 11.9 Å². The minimum absolute atomic E-state index is 0.118. The third kappa shape index (κ3) is 7.24. The Kier molecular flexibility index (Phi) is 10.6. The van der Waals surface area contributed by atoms with Crippen molar-refractivity contribution >= 4 is 12.6 Å². The molecule has 1 fully saturated rings. The van der Waals surface area contributed by atoms with Crippen LogP contribution in [0.4, 0.5) is 0 Å². The zero-order valence-electron chi connectivity index (χ0n) is 38.1. The van der Waals surface area contributed by atoms with Crippen LogP contribution in [-0.2, 0) is 21.1 Å². The molecule has 0 radical (unpaired) electrons. The topological polar surface area (TPSA) is 18.5 Å². The van der Waals surface area contributed by atoms with E-state index in [4.69, 9.17) is 9.31 Å². The van der Waals surface area contributed by atoms with Gasteiger partial charge in [-0.25, -0.2) is 0 Å². The van der Waals surface area contributed by atoms with Crippen LogP contribution in [-0.4, -0.2) is 18.3 Å². The molecule has 3 heteroatoms. The maximum Gasteiger partial charge on any atom is 0.494 e. The molecule has 0 N–H and O–H groups in total. The molecule has 2 aliphatic rings. The highest BCUT2D eigenvalue weighted by atomic mass is 16.7. The Morgan fingerprint density at radius 3 is 1.32 bits per heavy atom. The minimum atomic E-state index is -0.704. The predicted molar refractivity (Wildman–Crippen MR) is 274 cm³/mol. The monoisotopic (exact) mass is 852 g/mol. The SMILES string of the molecule is CC1(C)OB(c2cccc(C3(c4ccc(C(Cc5ccc(-c6ccccc6)cc5)c5ccc(-c6ccccc6)cc5)cc4)c4ccccc4-c4ccccc4-c4ccccc43)c2)OC1(C)C. The van der Waals surface area contributed by atoms with E-state index in [2.05, 4.69) is 258 Å². The summed E-state index contributed by atoms with van der Waals surface area (Å²) in [4.78, 5) is 0. The van der Waals surface area contributed by atoms with Gasteiger partial charge in [0.1, 0.15) is 0 Å². The van der Waals surface area contributed by atoms with Gasteiger partial charge in [-0.3, -0.25) is 0 Å². The zero-order chi connectivity index (χ0) is 44.9. The van der Waals surface area contributed by atoms with Crippen LogP contribution in [0.3, 0.4) is 0 Å². The largest absolute Gasteiger partial charge is 0.494 e. The van der Waals surface area contributed by atoms with Gasteiger partial charge in [0.05, 0.1) is 16.6 Å². The summed E-state index contributed by atoms with van der Waals surface area (Å²) in [7, 11) is -0.501. The molecule has 1 atom stereocenters. The third-order valence-corrected chi connectivity index (χ3v) is 14.7. The highest BCUT2D eigenvalue weighted by molar-refractivity contribution is 6.62. The molecule has 2 nitrogen and oxygen atoms in total. The fraction of sp³-hybridized carbons (Fsp3) is 0.143. The summed E-state index contributed by atoms with van der Waals surface area (Å²) in [5, 5.41) is 0. The Labute approximate surface area is 390 Å².